The molecule has 0 saturated carbocycles. The Balaban J connectivity index is 2.46. The fourth-order valence-electron chi connectivity index (χ4n) is 1.44. The van der Waals surface area contributed by atoms with Crippen LogP contribution in [0.4, 0.5) is 0 Å². The van der Waals surface area contributed by atoms with Crippen LogP contribution in [0.3, 0.4) is 0 Å². The van der Waals surface area contributed by atoms with Crippen molar-refractivity contribution >= 4 is 5.78 Å². The summed E-state index contributed by atoms with van der Waals surface area (Å²) in [5, 5.41) is 9.63. The van der Waals surface area contributed by atoms with Gasteiger partial charge in [0, 0.05) is 5.56 Å². The average Bonchev–Trinajstić information content (AvgIpc) is 2.29. The Kier molecular flexibility index (Phi) is 5.05. The van der Waals surface area contributed by atoms with Crippen molar-refractivity contribution in [3.8, 4) is 0 Å². The first-order valence-electron chi connectivity index (χ1n) is 5.32. The molecule has 0 aromatic heterocycles. The van der Waals surface area contributed by atoms with Gasteiger partial charge in [0.1, 0.15) is 6.10 Å². The number of carbonyl (C=O) groups excluding carboxylic acids is 1. The molecule has 0 spiro atoms. The van der Waals surface area contributed by atoms with Gasteiger partial charge in [-0.05, 0) is 6.42 Å². The molecular weight excluding hydrogens is 188 g/mol. The summed E-state index contributed by atoms with van der Waals surface area (Å²) in [5.74, 6) is -0.181. The number of benzene rings is 1. The molecule has 15 heavy (non-hydrogen) atoms. The zero-order valence-corrected chi connectivity index (χ0v) is 8.86. The van der Waals surface area contributed by atoms with Gasteiger partial charge in [-0.2, -0.15) is 0 Å². The Bertz CT molecular complexity index is 293. The van der Waals surface area contributed by atoms with E-state index in [0.29, 0.717) is 12.0 Å². The zero-order valence-electron chi connectivity index (χ0n) is 8.86. The molecule has 1 radical (unpaired) electrons. The highest BCUT2D eigenvalue weighted by Crippen LogP contribution is 2.09. The molecule has 0 aliphatic rings. The number of aliphatic hydroxyl groups excluding tert-OH is 1. The summed E-state index contributed by atoms with van der Waals surface area (Å²) in [5.41, 5.74) is 0.583. The zero-order chi connectivity index (χ0) is 11.1. The third-order valence-electron chi connectivity index (χ3n) is 2.34. The molecule has 0 heterocycles. The Morgan fingerprint density at radius 3 is 2.53 bits per heavy atom. The van der Waals surface area contributed by atoms with E-state index >= 15 is 0 Å². The average molecular weight is 205 g/mol. The number of aliphatic hydroxyl groups is 1. The highest BCUT2D eigenvalue weighted by atomic mass is 16.3. The van der Waals surface area contributed by atoms with E-state index in [0.717, 1.165) is 19.3 Å². The van der Waals surface area contributed by atoms with Crippen LogP contribution in [0.2, 0.25) is 0 Å². The van der Waals surface area contributed by atoms with Crippen LogP contribution >= 0.6 is 0 Å². The number of unbranched alkanes of at least 4 members (excludes halogenated alkanes) is 2. The topological polar surface area (TPSA) is 37.3 Å². The number of ketones is 1. The van der Waals surface area contributed by atoms with Crippen LogP contribution in [-0.4, -0.2) is 17.0 Å². The first-order valence-corrected chi connectivity index (χ1v) is 5.32. The van der Waals surface area contributed by atoms with E-state index in [1.165, 1.54) is 0 Å². The maximum Gasteiger partial charge on any atom is 0.191 e. The molecule has 1 N–H and O–H groups in total. The molecule has 0 saturated heterocycles. The maximum absolute atomic E-state index is 11.7. The van der Waals surface area contributed by atoms with E-state index in [1.807, 2.05) is 6.07 Å². The number of hydrogen-bond donors (Lipinski definition) is 1. The van der Waals surface area contributed by atoms with E-state index in [2.05, 4.69) is 6.92 Å². The van der Waals surface area contributed by atoms with Gasteiger partial charge in [0.2, 0.25) is 0 Å². The van der Waals surface area contributed by atoms with E-state index in [4.69, 9.17) is 0 Å². The van der Waals surface area contributed by atoms with Crippen LogP contribution in [0.15, 0.2) is 30.3 Å². The molecule has 1 unspecified atom stereocenters. The summed E-state index contributed by atoms with van der Waals surface area (Å²) in [6, 6.07) is 8.91. The summed E-state index contributed by atoms with van der Waals surface area (Å²) in [7, 11) is 0. The molecule has 1 atom stereocenters. The lowest BCUT2D eigenvalue weighted by atomic mass is 10.0. The fourth-order valence-corrected chi connectivity index (χ4v) is 1.44. The summed E-state index contributed by atoms with van der Waals surface area (Å²) < 4.78 is 0. The van der Waals surface area contributed by atoms with Crippen LogP contribution in [0.5, 0.6) is 0 Å². The lowest BCUT2D eigenvalue weighted by Gasteiger charge is -2.08. The van der Waals surface area contributed by atoms with Crippen molar-refractivity contribution in [2.75, 3.05) is 0 Å². The Morgan fingerprint density at radius 2 is 1.93 bits per heavy atom. The second kappa shape index (κ2) is 6.36. The molecule has 0 amide bonds. The van der Waals surface area contributed by atoms with Crippen LogP contribution in [0.25, 0.3) is 0 Å². The predicted octanol–water partition coefficient (Wildman–Crippen LogP) is 2.62. The van der Waals surface area contributed by atoms with Crippen molar-refractivity contribution in [2.24, 2.45) is 0 Å². The van der Waals surface area contributed by atoms with Crippen LogP contribution in [0, 0.1) is 6.92 Å². The summed E-state index contributed by atoms with van der Waals surface area (Å²) in [6.07, 6.45) is 2.33. The minimum Gasteiger partial charge on any atom is -0.385 e. The Labute approximate surface area is 90.9 Å². The van der Waals surface area contributed by atoms with E-state index in [-0.39, 0.29) is 5.78 Å². The summed E-state index contributed by atoms with van der Waals surface area (Å²) >= 11 is 0. The molecule has 1 aromatic rings. The molecule has 0 aliphatic carbocycles. The molecule has 2 heteroatoms. The van der Waals surface area contributed by atoms with Crippen molar-refractivity contribution in [3.63, 3.8) is 0 Å². The normalized spacial score (nSPS) is 12.4. The van der Waals surface area contributed by atoms with Crippen LogP contribution in [-0.2, 0) is 0 Å². The van der Waals surface area contributed by atoms with Gasteiger partial charge in [-0.25, -0.2) is 0 Å². The van der Waals surface area contributed by atoms with Crippen molar-refractivity contribution in [1.82, 2.24) is 0 Å². The largest absolute Gasteiger partial charge is 0.385 e. The molecule has 1 rings (SSSR count). The smallest absolute Gasteiger partial charge is 0.191 e. The molecule has 0 fully saturated rings. The lowest BCUT2D eigenvalue weighted by Crippen LogP contribution is -2.20. The SMILES string of the molecule is [CH2]CCCCC(O)C(=O)c1ccccc1. The highest BCUT2D eigenvalue weighted by Gasteiger charge is 2.15. The van der Waals surface area contributed by atoms with Gasteiger partial charge in [-0.15, -0.1) is 0 Å². The number of rotatable bonds is 6. The van der Waals surface area contributed by atoms with Crippen molar-refractivity contribution in [2.45, 2.75) is 31.8 Å². The van der Waals surface area contributed by atoms with Gasteiger partial charge in [-0.3, -0.25) is 4.79 Å². The van der Waals surface area contributed by atoms with Crippen molar-refractivity contribution in [3.05, 3.63) is 42.8 Å². The predicted molar refractivity (Wildman–Crippen MR) is 60.6 cm³/mol. The molecule has 0 aliphatic heterocycles. The molecule has 0 bridgehead atoms. The minimum atomic E-state index is -0.862. The number of hydrogen-bond acceptors (Lipinski definition) is 2. The van der Waals surface area contributed by atoms with Gasteiger partial charge < -0.3 is 5.11 Å². The second-order valence-electron chi connectivity index (χ2n) is 3.60. The first-order chi connectivity index (χ1) is 7.25. The van der Waals surface area contributed by atoms with E-state index < -0.39 is 6.10 Å². The van der Waals surface area contributed by atoms with Gasteiger partial charge in [0.15, 0.2) is 5.78 Å². The molecule has 81 valence electrons. The van der Waals surface area contributed by atoms with E-state index in [9.17, 15) is 9.90 Å². The third-order valence-corrected chi connectivity index (χ3v) is 2.34. The summed E-state index contributed by atoms with van der Waals surface area (Å²) in [6.45, 7) is 3.72. The quantitative estimate of drug-likeness (QED) is 0.572. The molecule has 1 aromatic carbocycles. The molecule has 2 nitrogen and oxygen atoms in total. The van der Waals surface area contributed by atoms with Crippen LogP contribution < -0.4 is 0 Å². The van der Waals surface area contributed by atoms with Gasteiger partial charge in [-0.1, -0.05) is 56.5 Å². The highest BCUT2D eigenvalue weighted by molar-refractivity contribution is 5.99. The Morgan fingerprint density at radius 1 is 1.27 bits per heavy atom. The molecular formula is C13H17O2. The maximum atomic E-state index is 11.7. The van der Waals surface area contributed by atoms with Crippen LogP contribution in [0.1, 0.15) is 36.0 Å². The standard InChI is InChI=1S/C13H17O2/c1-2-3-5-10-12(14)13(15)11-8-6-4-7-9-11/h4,6-9,12,14H,1-3,5,10H2. The monoisotopic (exact) mass is 205 g/mol. The number of carbonyl (C=O) groups is 1. The van der Waals surface area contributed by atoms with Gasteiger partial charge in [0.05, 0.1) is 0 Å². The minimum absolute atomic E-state index is 0.181. The fraction of sp³-hybridized carbons (Fsp3) is 0.385. The number of Topliss-reactive ketones (excluding diaryl/α,β-unsaturated/α-hetero) is 1. The summed E-state index contributed by atoms with van der Waals surface area (Å²) in [4.78, 5) is 11.7. The first kappa shape index (κ1) is 11.9. The van der Waals surface area contributed by atoms with E-state index in [1.54, 1.807) is 24.3 Å². The second-order valence-corrected chi connectivity index (χ2v) is 3.60. The van der Waals surface area contributed by atoms with Crippen molar-refractivity contribution in [1.29, 1.82) is 0 Å². The van der Waals surface area contributed by atoms with Crippen molar-refractivity contribution < 1.29 is 9.90 Å². The van der Waals surface area contributed by atoms with Gasteiger partial charge >= 0.3 is 0 Å². The third kappa shape index (κ3) is 3.84. The van der Waals surface area contributed by atoms with Gasteiger partial charge in [0.25, 0.3) is 0 Å². The Hall–Kier alpha value is -1.15. The lowest BCUT2D eigenvalue weighted by molar-refractivity contribution is 0.0725.